The monoisotopic (exact) mass is 296 g/mol. The Morgan fingerprint density at radius 1 is 1.00 bits per heavy atom. The predicted molar refractivity (Wildman–Crippen MR) is 83.2 cm³/mol. The second kappa shape index (κ2) is 5.89. The van der Waals surface area contributed by atoms with Gasteiger partial charge in [-0.1, -0.05) is 18.2 Å². The molecule has 2 aromatic carbocycles. The lowest BCUT2D eigenvalue weighted by atomic mass is 10.1. The largest absolute Gasteiger partial charge is 0.508 e. The van der Waals surface area contributed by atoms with Crippen molar-refractivity contribution in [1.82, 2.24) is 5.32 Å². The quantitative estimate of drug-likeness (QED) is 0.584. The number of aryl methyl sites for hydroxylation is 1. The molecule has 0 atom stereocenters. The average Bonchev–Trinajstić information content (AvgIpc) is 2.81. The van der Waals surface area contributed by atoms with E-state index in [9.17, 15) is 14.7 Å². The maximum Gasteiger partial charge on any atom is 0.261 e. The molecule has 3 N–H and O–H groups in total. The van der Waals surface area contributed by atoms with Gasteiger partial charge in [0.05, 0.1) is 11.1 Å². The fraction of sp³-hybridized carbons (Fsp3) is 0.176. The molecule has 0 aliphatic carbocycles. The van der Waals surface area contributed by atoms with Crippen molar-refractivity contribution in [2.45, 2.75) is 12.8 Å². The SMILES string of the molecule is O=C1NC(=O)c2c(NCCCc3ccc(O)cc3)cccc21. The number of phenols is 1. The number of anilines is 1. The molecule has 0 spiro atoms. The van der Waals surface area contributed by atoms with E-state index in [0.717, 1.165) is 18.4 Å². The van der Waals surface area contributed by atoms with Crippen LogP contribution >= 0.6 is 0 Å². The molecular weight excluding hydrogens is 280 g/mol. The summed E-state index contributed by atoms with van der Waals surface area (Å²) in [5.41, 5.74) is 2.68. The lowest BCUT2D eigenvalue weighted by molar-refractivity contribution is 0.0880. The number of aromatic hydroxyl groups is 1. The number of phenolic OH excluding ortho intramolecular Hbond substituents is 1. The van der Waals surface area contributed by atoms with Crippen LogP contribution < -0.4 is 10.6 Å². The molecule has 3 rings (SSSR count). The Labute approximate surface area is 128 Å². The molecule has 2 amide bonds. The van der Waals surface area contributed by atoms with Crippen LogP contribution in [-0.2, 0) is 6.42 Å². The Morgan fingerprint density at radius 2 is 1.77 bits per heavy atom. The van der Waals surface area contributed by atoms with Crippen molar-refractivity contribution < 1.29 is 14.7 Å². The summed E-state index contributed by atoms with van der Waals surface area (Å²) < 4.78 is 0. The van der Waals surface area contributed by atoms with Crippen molar-refractivity contribution in [1.29, 1.82) is 0 Å². The van der Waals surface area contributed by atoms with Gasteiger partial charge in [-0.05, 0) is 42.7 Å². The summed E-state index contributed by atoms with van der Waals surface area (Å²) in [4.78, 5) is 23.4. The van der Waals surface area contributed by atoms with Crippen molar-refractivity contribution in [3.8, 4) is 5.75 Å². The molecule has 1 heterocycles. The molecule has 1 aliphatic heterocycles. The van der Waals surface area contributed by atoms with Crippen molar-refractivity contribution in [3.05, 3.63) is 59.2 Å². The summed E-state index contributed by atoms with van der Waals surface area (Å²) in [7, 11) is 0. The molecule has 1 aliphatic rings. The fourth-order valence-corrected chi connectivity index (χ4v) is 2.54. The topological polar surface area (TPSA) is 78.4 Å². The zero-order valence-electron chi connectivity index (χ0n) is 11.9. The van der Waals surface area contributed by atoms with Crippen LogP contribution in [0.1, 0.15) is 32.7 Å². The van der Waals surface area contributed by atoms with Gasteiger partial charge in [0.15, 0.2) is 0 Å². The summed E-state index contributed by atoms with van der Waals surface area (Å²) in [6.45, 7) is 0.693. The zero-order chi connectivity index (χ0) is 15.5. The van der Waals surface area contributed by atoms with Crippen molar-refractivity contribution in [2.75, 3.05) is 11.9 Å². The van der Waals surface area contributed by atoms with Gasteiger partial charge in [0, 0.05) is 12.2 Å². The van der Waals surface area contributed by atoms with E-state index in [2.05, 4.69) is 10.6 Å². The Morgan fingerprint density at radius 3 is 2.55 bits per heavy atom. The van der Waals surface area contributed by atoms with Crippen molar-refractivity contribution >= 4 is 17.5 Å². The van der Waals surface area contributed by atoms with E-state index in [4.69, 9.17) is 0 Å². The first-order valence-electron chi connectivity index (χ1n) is 7.15. The van der Waals surface area contributed by atoms with Crippen LogP contribution in [0.2, 0.25) is 0 Å². The van der Waals surface area contributed by atoms with Crippen LogP contribution in [-0.4, -0.2) is 23.5 Å². The highest BCUT2D eigenvalue weighted by Crippen LogP contribution is 2.24. The van der Waals surface area contributed by atoms with E-state index in [1.807, 2.05) is 12.1 Å². The van der Waals surface area contributed by atoms with E-state index in [-0.39, 0.29) is 17.6 Å². The smallest absolute Gasteiger partial charge is 0.261 e. The Bertz CT molecular complexity index is 723. The summed E-state index contributed by atoms with van der Waals surface area (Å²) in [5, 5.41) is 14.8. The van der Waals surface area contributed by atoms with Gasteiger partial charge in [-0.15, -0.1) is 0 Å². The first-order valence-corrected chi connectivity index (χ1v) is 7.15. The van der Waals surface area contributed by atoms with E-state index in [1.165, 1.54) is 0 Å². The molecule has 2 aromatic rings. The average molecular weight is 296 g/mol. The maximum absolute atomic E-state index is 11.8. The predicted octanol–water partition coefficient (Wildman–Crippen LogP) is 2.32. The highest BCUT2D eigenvalue weighted by molar-refractivity contribution is 6.23. The number of amides is 2. The lowest BCUT2D eigenvalue weighted by Crippen LogP contribution is -2.20. The van der Waals surface area contributed by atoms with Crippen molar-refractivity contribution in [2.24, 2.45) is 0 Å². The van der Waals surface area contributed by atoms with Crippen LogP contribution in [0.4, 0.5) is 5.69 Å². The van der Waals surface area contributed by atoms with E-state index in [1.54, 1.807) is 30.3 Å². The number of benzene rings is 2. The molecule has 5 nitrogen and oxygen atoms in total. The number of carbonyl (C=O) groups excluding carboxylic acids is 2. The molecule has 0 saturated heterocycles. The maximum atomic E-state index is 11.8. The van der Waals surface area contributed by atoms with Crippen LogP contribution in [0.15, 0.2) is 42.5 Å². The van der Waals surface area contributed by atoms with Crippen LogP contribution in [0, 0.1) is 0 Å². The van der Waals surface area contributed by atoms with Gasteiger partial charge in [-0.3, -0.25) is 14.9 Å². The third kappa shape index (κ3) is 2.79. The van der Waals surface area contributed by atoms with E-state index >= 15 is 0 Å². The van der Waals surface area contributed by atoms with Gasteiger partial charge in [0.1, 0.15) is 5.75 Å². The number of carbonyl (C=O) groups is 2. The first-order chi connectivity index (χ1) is 10.6. The van der Waals surface area contributed by atoms with Crippen LogP contribution in [0.25, 0.3) is 0 Å². The molecule has 5 heteroatoms. The highest BCUT2D eigenvalue weighted by atomic mass is 16.3. The molecule has 0 unspecified atom stereocenters. The lowest BCUT2D eigenvalue weighted by Gasteiger charge is -2.09. The molecular formula is C17H16N2O3. The normalized spacial score (nSPS) is 12.9. The first kappa shape index (κ1) is 14.1. The van der Waals surface area contributed by atoms with Gasteiger partial charge < -0.3 is 10.4 Å². The van der Waals surface area contributed by atoms with Gasteiger partial charge in [0.2, 0.25) is 0 Å². The van der Waals surface area contributed by atoms with E-state index in [0.29, 0.717) is 23.4 Å². The molecule has 0 bridgehead atoms. The molecule has 0 fully saturated rings. The number of hydrogen-bond donors (Lipinski definition) is 3. The molecule has 112 valence electrons. The second-order valence-electron chi connectivity index (χ2n) is 5.21. The van der Waals surface area contributed by atoms with E-state index < -0.39 is 0 Å². The Balaban J connectivity index is 1.60. The van der Waals surface area contributed by atoms with Gasteiger partial charge in [0.25, 0.3) is 11.8 Å². The minimum absolute atomic E-state index is 0.261. The standard InChI is InChI=1S/C17H16N2O3/c20-12-8-6-11(7-9-12)3-2-10-18-14-5-1-4-13-15(14)17(22)19-16(13)21/h1,4-9,18,20H,2-3,10H2,(H,19,21,22). The third-order valence-corrected chi connectivity index (χ3v) is 3.66. The second-order valence-corrected chi connectivity index (χ2v) is 5.21. The fourth-order valence-electron chi connectivity index (χ4n) is 2.54. The summed E-state index contributed by atoms with van der Waals surface area (Å²) in [5.74, 6) is -0.424. The molecule has 0 aromatic heterocycles. The summed E-state index contributed by atoms with van der Waals surface area (Å²) in [6, 6.07) is 12.3. The van der Waals surface area contributed by atoms with Crippen LogP contribution in [0.5, 0.6) is 5.75 Å². The molecule has 0 radical (unpaired) electrons. The minimum atomic E-state index is -0.346. The Hall–Kier alpha value is -2.82. The Kier molecular flexibility index (Phi) is 3.78. The molecule has 22 heavy (non-hydrogen) atoms. The number of imide groups is 1. The van der Waals surface area contributed by atoms with Gasteiger partial charge in [-0.2, -0.15) is 0 Å². The van der Waals surface area contributed by atoms with Gasteiger partial charge in [-0.25, -0.2) is 0 Å². The molecule has 0 saturated carbocycles. The van der Waals surface area contributed by atoms with Crippen molar-refractivity contribution in [3.63, 3.8) is 0 Å². The summed E-state index contributed by atoms with van der Waals surface area (Å²) >= 11 is 0. The summed E-state index contributed by atoms with van der Waals surface area (Å²) in [6.07, 6.45) is 1.75. The number of rotatable bonds is 5. The third-order valence-electron chi connectivity index (χ3n) is 3.66. The number of fused-ring (bicyclic) bond motifs is 1. The highest BCUT2D eigenvalue weighted by Gasteiger charge is 2.28. The minimum Gasteiger partial charge on any atom is -0.508 e. The zero-order valence-corrected chi connectivity index (χ0v) is 11.9. The number of nitrogens with one attached hydrogen (secondary N) is 2. The van der Waals surface area contributed by atoms with Gasteiger partial charge >= 0.3 is 0 Å². The van der Waals surface area contributed by atoms with Crippen LogP contribution in [0.3, 0.4) is 0 Å². The number of hydrogen-bond acceptors (Lipinski definition) is 4.